The zero-order valence-corrected chi connectivity index (χ0v) is 12.2. The van der Waals surface area contributed by atoms with Crippen molar-refractivity contribution in [3.05, 3.63) is 60.3 Å². The van der Waals surface area contributed by atoms with E-state index in [1.807, 2.05) is 24.3 Å². The maximum atomic E-state index is 12.5. The molecule has 110 valence electrons. The number of oxazole rings is 1. The maximum Gasteiger partial charge on any atom is 0.276 e. The predicted octanol–water partition coefficient (Wildman–Crippen LogP) is 2.82. The van der Waals surface area contributed by atoms with Crippen LogP contribution in [0, 0.1) is 6.92 Å². The normalized spacial score (nSPS) is 10.2. The van der Waals surface area contributed by atoms with Crippen molar-refractivity contribution < 1.29 is 13.9 Å². The number of hydrogen-bond acceptors (Lipinski definition) is 4. The second-order valence-corrected chi connectivity index (χ2v) is 4.54. The Bertz CT molecular complexity index is 634. The van der Waals surface area contributed by atoms with E-state index in [9.17, 15) is 4.79 Å². The highest BCUT2D eigenvalue weighted by Gasteiger charge is 2.21. The molecule has 0 fully saturated rings. The van der Waals surface area contributed by atoms with E-state index in [0.717, 1.165) is 11.3 Å². The topological polar surface area (TPSA) is 55.6 Å². The quantitative estimate of drug-likeness (QED) is 0.766. The number of ether oxygens (including phenoxy) is 1. The Morgan fingerprint density at radius 3 is 2.86 bits per heavy atom. The Labute approximate surface area is 123 Å². The van der Waals surface area contributed by atoms with Crippen molar-refractivity contribution in [2.45, 2.75) is 13.5 Å². The van der Waals surface area contributed by atoms with Crippen LogP contribution in [0.2, 0.25) is 0 Å². The number of aryl methyl sites for hydroxylation is 1. The zero-order chi connectivity index (χ0) is 15.2. The van der Waals surface area contributed by atoms with Crippen LogP contribution in [0.3, 0.4) is 0 Å². The summed E-state index contributed by atoms with van der Waals surface area (Å²) < 4.78 is 10.4. The van der Waals surface area contributed by atoms with Crippen LogP contribution in [-0.2, 0) is 6.54 Å². The minimum absolute atomic E-state index is 0.188. The Kier molecular flexibility index (Phi) is 4.77. The van der Waals surface area contributed by atoms with Gasteiger partial charge >= 0.3 is 0 Å². The Balaban J connectivity index is 2.25. The van der Waals surface area contributed by atoms with Crippen LogP contribution in [0.25, 0.3) is 0 Å². The van der Waals surface area contributed by atoms with E-state index in [0.29, 0.717) is 24.5 Å². The van der Waals surface area contributed by atoms with Crippen LogP contribution in [-0.4, -0.2) is 29.4 Å². The maximum absolute atomic E-state index is 12.5. The van der Waals surface area contributed by atoms with Crippen molar-refractivity contribution in [2.24, 2.45) is 0 Å². The highest BCUT2D eigenvalue weighted by atomic mass is 16.5. The van der Waals surface area contributed by atoms with Crippen molar-refractivity contribution in [2.75, 3.05) is 13.7 Å². The molecule has 0 aliphatic carbocycles. The van der Waals surface area contributed by atoms with Crippen LogP contribution in [0.4, 0.5) is 0 Å². The van der Waals surface area contributed by atoms with Crippen molar-refractivity contribution in [3.8, 4) is 5.75 Å². The number of rotatable bonds is 6. The highest BCUT2D eigenvalue weighted by molar-refractivity contribution is 5.93. The number of amides is 1. The molecule has 1 aromatic carbocycles. The average Bonchev–Trinajstić information content (AvgIpc) is 2.92. The van der Waals surface area contributed by atoms with Gasteiger partial charge in [0.2, 0.25) is 0 Å². The van der Waals surface area contributed by atoms with Crippen LogP contribution in [0.1, 0.15) is 21.8 Å². The van der Waals surface area contributed by atoms with Gasteiger partial charge in [0.1, 0.15) is 11.5 Å². The van der Waals surface area contributed by atoms with Crippen LogP contribution < -0.4 is 4.74 Å². The molecule has 0 aliphatic rings. The molecule has 0 saturated heterocycles. The van der Waals surface area contributed by atoms with Gasteiger partial charge < -0.3 is 14.1 Å². The standard InChI is InChI=1S/C16H18N2O3/c1-4-9-18(16(19)15-12(2)21-11-17-15)10-13-7-5-6-8-14(13)20-3/h4-8,11H,1,9-10H2,2-3H3. The molecule has 5 nitrogen and oxygen atoms in total. The fraction of sp³-hybridized carbons (Fsp3) is 0.250. The second kappa shape index (κ2) is 6.74. The van der Waals surface area contributed by atoms with Crippen molar-refractivity contribution in [1.82, 2.24) is 9.88 Å². The predicted molar refractivity (Wildman–Crippen MR) is 79.2 cm³/mol. The SMILES string of the molecule is C=CCN(Cc1ccccc1OC)C(=O)c1ncoc1C. The van der Waals surface area contributed by atoms with Gasteiger partial charge in [0, 0.05) is 12.1 Å². The second-order valence-electron chi connectivity index (χ2n) is 4.54. The Morgan fingerprint density at radius 2 is 2.24 bits per heavy atom. The average molecular weight is 286 g/mol. The summed E-state index contributed by atoms with van der Waals surface area (Å²) >= 11 is 0. The minimum Gasteiger partial charge on any atom is -0.496 e. The molecule has 21 heavy (non-hydrogen) atoms. The molecule has 5 heteroatoms. The molecule has 1 heterocycles. The van der Waals surface area contributed by atoms with Crippen LogP contribution >= 0.6 is 0 Å². The van der Waals surface area contributed by atoms with E-state index in [4.69, 9.17) is 9.15 Å². The number of para-hydroxylation sites is 1. The molecular formula is C16H18N2O3. The van der Waals surface area contributed by atoms with Gasteiger partial charge in [-0.1, -0.05) is 24.3 Å². The Morgan fingerprint density at radius 1 is 1.48 bits per heavy atom. The van der Waals surface area contributed by atoms with Gasteiger partial charge in [-0.3, -0.25) is 4.79 Å². The molecule has 0 atom stereocenters. The first-order valence-corrected chi connectivity index (χ1v) is 6.59. The third-order valence-corrected chi connectivity index (χ3v) is 3.14. The molecule has 0 saturated carbocycles. The van der Waals surface area contributed by atoms with E-state index >= 15 is 0 Å². The number of methoxy groups -OCH3 is 1. The first-order valence-electron chi connectivity index (χ1n) is 6.59. The molecule has 1 aromatic heterocycles. The number of carbonyl (C=O) groups excluding carboxylic acids is 1. The number of benzene rings is 1. The molecular weight excluding hydrogens is 268 g/mol. The van der Waals surface area contributed by atoms with Gasteiger partial charge in [-0.25, -0.2) is 4.98 Å². The first-order chi connectivity index (χ1) is 10.2. The molecule has 1 amide bonds. The third-order valence-electron chi connectivity index (χ3n) is 3.14. The molecule has 2 aromatic rings. The van der Waals surface area contributed by atoms with Gasteiger partial charge in [0.25, 0.3) is 5.91 Å². The summed E-state index contributed by atoms with van der Waals surface area (Å²) in [6, 6.07) is 7.60. The first kappa shape index (κ1) is 14.8. The van der Waals surface area contributed by atoms with Gasteiger partial charge in [-0.05, 0) is 13.0 Å². The third kappa shape index (κ3) is 3.31. The van der Waals surface area contributed by atoms with E-state index in [2.05, 4.69) is 11.6 Å². The lowest BCUT2D eigenvalue weighted by Crippen LogP contribution is -2.31. The summed E-state index contributed by atoms with van der Waals surface area (Å²) in [6.07, 6.45) is 2.96. The molecule has 2 rings (SSSR count). The van der Waals surface area contributed by atoms with Gasteiger partial charge in [-0.2, -0.15) is 0 Å². The highest BCUT2D eigenvalue weighted by Crippen LogP contribution is 2.20. The lowest BCUT2D eigenvalue weighted by atomic mass is 10.1. The van der Waals surface area contributed by atoms with Crippen LogP contribution in [0.5, 0.6) is 5.75 Å². The monoisotopic (exact) mass is 286 g/mol. The number of nitrogens with zero attached hydrogens (tertiary/aromatic N) is 2. The smallest absolute Gasteiger partial charge is 0.276 e. The molecule has 0 aliphatic heterocycles. The summed E-state index contributed by atoms with van der Waals surface area (Å²) in [4.78, 5) is 18.2. The van der Waals surface area contributed by atoms with E-state index in [1.54, 1.807) is 25.0 Å². The molecule has 0 bridgehead atoms. The summed E-state index contributed by atoms with van der Waals surface area (Å²) in [5.41, 5.74) is 1.25. The van der Waals surface area contributed by atoms with E-state index in [-0.39, 0.29) is 5.91 Å². The van der Waals surface area contributed by atoms with Gasteiger partial charge in [0.05, 0.1) is 13.7 Å². The van der Waals surface area contributed by atoms with Gasteiger partial charge in [-0.15, -0.1) is 6.58 Å². The molecule has 0 N–H and O–H groups in total. The van der Waals surface area contributed by atoms with Crippen molar-refractivity contribution in [3.63, 3.8) is 0 Å². The lowest BCUT2D eigenvalue weighted by molar-refractivity contribution is 0.0754. The van der Waals surface area contributed by atoms with Gasteiger partial charge in [0.15, 0.2) is 12.1 Å². The minimum atomic E-state index is -0.188. The summed E-state index contributed by atoms with van der Waals surface area (Å²) in [5, 5.41) is 0. The van der Waals surface area contributed by atoms with Crippen molar-refractivity contribution >= 4 is 5.91 Å². The number of carbonyl (C=O) groups is 1. The molecule has 0 radical (unpaired) electrons. The van der Waals surface area contributed by atoms with Crippen LogP contribution in [0.15, 0.2) is 47.7 Å². The van der Waals surface area contributed by atoms with Crippen molar-refractivity contribution in [1.29, 1.82) is 0 Å². The number of aromatic nitrogens is 1. The Hall–Kier alpha value is -2.56. The molecule has 0 unspecified atom stereocenters. The summed E-state index contributed by atoms with van der Waals surface area (Å²) in [7, 11) is 1.61. The fourth-order valence-electron chi connectivity index (χ4n) is 2.07. The largest absolute Gasteiger partial charge is 0.496 e. The van der Waals surface area contributed by atoms with E-state index < -0.39 is 0 Å². The molecule has 0 spiro atoms. The van der Waals surface area contributed by atoms with E-state index in [1.165, 1.54) is 6.39 Å². The summed E-state index contributed by atoms with van der Waals surface area (Å²) in [6.45, 7) is 6.26. The number of hydrogen-bond donors (Lipinski definition) is 0. The lowest BCUT2D eigenvalue weighted by Gasteiger charge is -2.21. The fourth-order valence-corrected chi connectivity index (χ4v) is 2.07. The summed E-state index contributed by atoms with van der Waals surface area (Å²) in [5.74, 6) is 1.07. The zero-order valence-electron chi connectivity index (χ0n) is 12.2.